The first-order chi connectivity index (χ1) is 9.61. The normalized spacial score (nSPS) is 27.4. The summed E-state index contributed by atoms with van der Waals surface area (Å²) in [6.07, 6.45) is 8.69. The Morgan fingerprint density at radius 2 is 2.25 bits per heavy atom. The van der Waals surface area contributed by atoms with Gasteiger partial charge in [-0.2, -0.15) is 5.10 Å². The number of fused-ring (bicyclic) bond motifs is 2. The van der Waals surface area contributed by atoms with Gasteiger partial charge in [0.1, 0.15) is 11.5 Å². The van der Waals surface area contributed by atoms with E-state index >= 15 is 0 Å². The van der Waals surface area contributed by atoms with Gasteiger partial charge in [0, 0.05) is 6.04 Å². The minimum atomic E-state index is 0.452. The van der Waals surface area contributed by atoms with Crippen LogP contribution in [0, 0.1) is 25.7 Å². The first-order valence-corrected chi connectivity index (χ1v) is 7.37. The van der Waals surface area contributed by atoms with Crippen LogP contribution in [0.25, 0.3) is 0 Å². The van der Waals surface area contributed by atoms with Gasteiger partial charge in [-0.15, -0.1) is 0 Å². The molecule has 2 bridgehead atoms. The maximum atomic E-state index is 5.51. The maximum Gasteiger partial charge on any atom is 0.187 e. The molecular weight excluding hydrogens is 270 g/mol. The van der Waals surface area contributed by atoms with Gasteiger partial charge in [0.2, 0.25) is 0 Å². The van der Waals surface area contributed by atoms with Crippen molar-refractivity contribution in [2.45, 2.75) is 32.7 Å². The van der Waals surface area contributed by atoms with Gasteiger partial charge in [-0.1, -0.05) is 12.2 Å². The Balaban J connectivity index is 1.48. The average molecular weight is 289 g/mol. The molecule has 0 amide bonds. The van der Waals surface area contributed by atoms with Crippen molar-refractivity contribution in [1.82, 2.24) is 10.7 Å². The van der Waals surface area contributed by atoms with Crippen molar-refractivity contribution in [2.24, 2.45) is 16.9 Å². The molecule has 1 saturated carbocycles. The van der Waals surface area contributed by atoms with Crippen LogP contribution in [0.4, 0.5) is 0 Å². The molecule has 2 aliphatic rings. The monoisotopic (exact) mass is 289 g/mol. The lowest BCUT2D eigenvalue weighted by Gasteiger charge is -2.20. The molecule has 1 aromatic rings. The molecular formula is C15H19N3OS. The minimum Gasteiger partial charge on any atom is -0.460 e. The van der Waals surface area contributed by atoms with Crippen LogP contribution in [0.2, 0.25) is 0 Å². The van der Waals surface area contributed by atoms with Crippen LogP contribution in [0.15, 0.2) is 27.7 Å². The summed E-state index contributed by atoms with van der Waals surface area (Å²) in [6, 6.07) is 2.41. The molecule has 1 heterocycles. The summed E-state index contributed by atoms with van der Waals surface area (Å²) in [6.45, 7) is 3.95. The topological polar surface area (TPSA) is 49.6 Å². The van der Waals surface area contributed by atoms with E-state index in [1.165, 1.54) is 12.8 Å². The zero-order chi connectivity index (χ0) is 14.1. The first kappa shape index (κ1) is 13.4. The van der Waals surface area contributed by atoms with Crippen molar-refractivity contribution in [3.63, 3.8) is 0 Å². The smallest absolute Gasteiger partial charge is 0.187 e. The molecule has 1 fully saturated rings. The zero-order valence-electron chi connectivity index (χ0n) is 11.7. The highest BCUT2D eigenvalue weighted by atomic mass is 32.1. The van der Waals surface area contributed by atoms with Crippen LogP contribution >= 0.6 is 12.2 Å². The number of furan rings is 1. The fourth-order valence-corrected chi connectivity index (χ4v) is 3.17. The number of nitrogens with one attached hydrogen (secondary N) is 2. The highest BCUT2D eigenvalue weighted by molar-refractivity contribution is 7.80. The van der Waals surface area contributed by atoms with E-state index in [9.17, 15) is 0 Å². The number of rotatable bonds is 3. The largest absolute Gasteiger partial charge is 0.460 e. The number of hydrazone groups is 1. The second-order valence-corrected chi connectivity index (χ2v) is 6.03. The van der Waals surface area contributed by atoms with Crippen LogP contribution in [0.1, 0.15) is 29.9 Å². The van der Waals surface area contributed by atoms with Crippen LogP contribution in [0.3, 0.4) is 0 Å². The van der Waals surface area contributed by atoms with Crippen molar-refractivity contribution in [2.75, 3.05) is 0 Å². The van der Waals surface area contributed by atoms with Crippen molar-refractivity contribution >= 4 is 23.5 Å². The second-order valence-electron chi connectivity index (χ2n) is 5.62. The summed E-state index contributed by atoms with van der Waals surface area (Å²) in [5.74, 6) is 3.01. The van der Waals surface area contributed by atoms with Crippen molar-refractivity contribution in [1.29, 1.82) is 0 Å². The summed E-state index contributed by atoms with van der Waals surface area (Å²) in [7, 11) is 0. The highest BCUT2D eigenvalue weighted by Crippen LogP contribution is 2.38. The van der Waals surface area contributed by atoms with Crippen molar-refractivity contribution in [3.8, 4) is 0 Å². The summed E-state index contributed by atoms with van der Waals surface area (Å²) in [4.78, 5) is 0. The number of thiocarbonyl (C=S) groups is 1. The van der Waals surface area contributed by atoms with Crippen LogP contribution in [0.5, 0.6) is 0 Å². The van der Waals surface area contributed by atoms with Gasteiger partial charge in [-0.25, -0.2) is 0 Å². The summed E-state index contributed by atoms with van der Waals surface area (Å²) in [5.41, 5.74) is 3.98. The summed E-state index contributed by atoms with van der Waals surface area (Å²) >= 11 is 5.26. The molecule has 2 N–H and O–H groups in total. The lowest BCUT2D eigenvalue weighted by atomic mass is 10.0. The minimum absolute atomic E-state index is 0.452. The molecule has 3 atom stereocenters. The number of aryl methyl sites for hydroxylation is 2. The van der Waals surface area contributed by atoms with Gasteiger partial charge in [-0.05, 0) is 62.4 Å². The predicted molar refractivity (Wildman–Crippen MR) is 83.8 cm³/mol. The molecule has 2 aliphatic carbocycles. The van der Waals surface area contributed by atoms with Crippen molar-refractivity contribution in [3.05, 3.63) is 35.3 Å². The zero-order valence-corrected chi connectivity index (χ0v) is 12.5. The molecule has 0 aromatic carbocycles. The SMILES string of the molecule is Cc1cc(/C=N/NC(=S)NC2CC3C=CC2C3)oc1C. The lowest BCUT2D eigenvalue weighted by Crippen LogP contribution is -2.42. The molecule has 3 rings (SSSR count). The van der Waals surface area contributed by atoms with Gasteiger partial charge < -0.3 is 9.73 Å². The molecule has 3 unspecified atom stereocenters. The number of hydrogen-bond acceptors (Lipinski definition) is 3. The van der Waals surface area contributed by atoms with Gasteiger partial charge in [0.25, 0.3) is 0 Å². The number of allylic oxidation sites excluding steroid dienone is 1. The number of hydrogen-bond donors (Lipinski definition) is 2. The molecule has 20 heavy (non-hydrogen) atoms. The first-order valence-electron chi connectivity index (χ1n) is 6.97. The Bertz CT molecular complexity index is 556. The van der Waals surface area contributed by atoms with E-state index in [0.717, 1.165) is 23.0 Å². The van der Waals surface area contributed by atoms with Crippen LogP contribution in [-0.4, -0.2) is 17.4 Å². The fourth-order valence-electron chi connectivity index (χ4n) is 2.97. The van der Waals surface area contributed by atoms with E-state index in [0.29, 0.717) is 17.1 Å². The fraction of sp³-hybridized carbons (Fsp3) is 0.467. The van der Waals surface area contributed by atoms with Crippen LogP contribution in [-0.2, 0) is 0 Å². The quantitative estimate of drug-likeness (QED) is 0.389. The number of nitrogens with zero attached hydrogens (tertiary/aromatic N) is 1. The van der Waals surface area contributed by atoms with E-state index in [4.69, 9.17) is 16.6 Å². The van der Waals surface area contributed by atoms with E-state index in [-0.39, 0.29) is 0 Å². The molecule has 0 aliphatic heterocycles. The Morgan fingerprint density at radius 3 is 2.85 bits per heavy atom. The van der Waals surface area contributed by atoms with Gasteiger partial charge >= 0.3 is 0 Å². The summed E-state index contributed by atoms with van der Waals surface area (Å²) < 4.78 is 5.51. The second kappa shape index (κ2) is 5.40. The third-order valence-corrected chi connectivity index (χ3v) is 4.35. The maximum absolute atomic E-state index is 5.51. The average Bonchev–Trinajstić information content (AvgIpc) is 3.07. The molecule has 106 valence electrons. The molecule has 0 saturated heterocycles. The molecule has 5 heteroatoms. The molecule has 4 nitrogen and oxygen atoms in total. The highest BCUT2D eigenvalue weighted by Gasteiger charge is 2.35. The van der Waals surface area contributed by atoms with Crippen LogP contribution < -0.4 is 10.7 Å². The van der Waals surface area contributed by atoms with Gasteiger partial charge in [0.15, 0.2) is 5.11 Å². The van der Waals surface area contributed by atoms with E-state index in [1.807, 2.05) is 19.9 Å². The molecule has 0 spiro atoms. The third-order valence-electron chi connectivity index (χ3n) is 4.14. The lowest BCUT2D eigenvalue weighted by molar-refractivity contribution is 0.519. The molecule has 0 radical (unpaired) electrons. The van der Waals surface area contributed by atoms with E-state index in [2.05, 4.69) is 28.0 Å². The van der Waals surface area contributed by atoms with Gasteiger partial charge in [-0.3, -0.25) is 5.43 Å². The third kappa shape index (κ3) is 2.77. The molecule has 1 aromatic heterocycles. The predicted octanol–water partition coefficient (Wildman–Crippen LogP) is 2.66. The Morgan fingerprint density at radius 1 is 1.40 bits per heavy atom. The standard InChI is InChI=1S/C15H19N3OS/c1-9-5-13(19-10(9)2)8-16-18-15(20)17-14-7-11-3-4-12(14)6-11/h3-5,8,11-12,14H,6-7H2,1-2H3,(H2,17,18,20)/b16-8+. The van der Waals surface area contributed by atoms with Gasteiger partial charge in [0.05, 0.1) is 6.21 Å². The Hall–Kier alpha value is -1.62. The Kier molecular flexibility index (Phi) is 3.61. The van der Waals surface area contributed by atoms with E-state index in [1.54, 1.807) is 6.21 Å². The van der Waals surface area contributed by atoms with Crippen molar-refractivity contribution < 1.29 is 4.42 Å². The summed E-state index contributed by atoms with van der Waals surface area (Å²) in [5, 5.41) is 8.02. The Labute approximate surface area is 124 Å². The van der Waals surface area contributed by atoms with E-state index < -0.39 is 0 Å².